The number of halogens is 3. The number of alkyl halides is 3. The molecule has 1 aliphatic rings. The van der Waals surface area contributed by atoms with Crippen molar-refractivity contribution in [3.05, 3.63) is 65.0 Å². The zero-order chi connectivity index (χ0) is 24.5. The van der Waals surface area contributed by atoms with Gasteiger partial charge in [0.25, 0.3) is 5.91 Å². The van der Waals surface area contributed by atoms with E-state index in [1.54, 1.807) is 23.1 Å². The van der Waals surface area contributed by atoms with E-state index >= 15 is 0 Å². The Bertz CT molecular complexity index is 1170. The van der Waals surface area contributed by atoms with Crippen molar-refractivity contribution in [2.45, 2.75) is 51.4 Å². The van der Waals surface area contributed by atoms with Crippen LogP contribution < -0.4 is 5.73 Å². The van der Waals surface area contributed by atoms with Crippen LogP contribution in [0.1, 0.15) is 52.9 Å². The second-order valence-electron chi connectivity index (χ2n) is 8.99. The molecule has 180 valence electrons. The molecule has 1 aromatic carbocycles. The number of nitrogen functional groups attached to an aromatic ring is 1. The van der Waals surface area contributed by atoms with E-state index in [1.165, 1.54) is 6.07 Å². The van der Waals surface area contributed by atoms with E-state index in [1.807, 2.05) is 13.0 Å². The Balaban J connectivity index is 1.60. The zero-order valence-corrected chi connectivity index (χ0v) is 18.8. The Labute approximate surface area is 195 Å². The van der Waals surface area contributed by atoms with Crippen molar-refractivity contribution in [2.24, 2.45) is 5.92 Å². The Morgan fingerprint density at radius 2 is 1.88 bits per heavy atom. The number of pyridine rings is 2. The average molecular weight is 473 g/mol. The third-order valence-corrected chi connectivity index (χ3v) is 6.38. The molecule has 0 unspecified atom stereocenters. The van der Waals surface area contributed by atoms with E-state index in [-0.39, 0.29) is 24.5 Å². The van der Waals surface area contributed by atoms with Crippen molar-refractivity contribution < 1.29 is 23.1 Å². The number of benzene rings is 1. The molecule has 0 aliphatic heterocycles. The largest absolute Gasteiger partial charge is 0.417 e. The lowest BCUT2D eigenvalue weighted by Gasteiger charge is -2.31. The maximum Gasteiger partial charge on any atom is 0.417 e. The molecule has 3 N–H and O–H groups in total. The number of anilines is 1. The standard InChI is InChI=1S/C25H27F3N4O2/c1-15-10-18-11-17(4-9-22(18)31-23(15)29)24(34)32(13-16-2-7-21(33)8-3-16)14-20-6-5-19(12-30-20)25(26,27)28/h4-6,9-12,16,21,33H,2-3,7-8,13-14H2,1H3,(H2,29,31)/t16-,21-. The lowest BCUT2D eigenvalue weighted by molar-refractivity contribution is -0.137. The van der Waals surface area contributed by atoms with Crippen LogP contribution in [0.25, 0.3) is 10.9 Å². The van der Waals surface area contributed by atoms with Gasteiger partial charge in [0.1, 0.15) is 5.82 Å². The number of amides is 1. The molecule has 1 fully saturated rings. The highest BCUT2D eigenvalue weighted by Gasteiger charge is 2.31. The van der Waals surface area contributed by atoms with Gasteiger partial charge >= 0.3 is 6.18 Å². The first kappa shape index (κ1) is 23.9. The first-order chi connectivity index (χ1) is 16.1. The molecule has 4 rings (SSSR count). The molecular formula is C25H27F3N4O2. The number of aliphatic hydroxyl groups excluding tert-OH is 1. The number of nitrogens with zero attached hydrogens (tertiary/aromatic N) is 3. The van der Waals surface area contributed by atoms with Gasteiger partial charge in [0.2, 0.25) is 0 Å². The monoisotopic (exact) mass is 472 g/mol. The molecule has 2 aromatic heterocycles. The number of fused-ring (bicyclic) bond motifs is 1. The lowest BCUT2D eigenvalue weighted by atomic mass is 9.87. The smallest absolute Gasteiger partial charge is 0.393 e. The Morgan fingerprint density at radius 1 is 1.15 bits per heavy atom. The number of aromatic nitrogens is 2. The molecule has 0 atom stereocenters. The van der Waals surface area contributed by atoms with E-state index in [0.29, 0.717) is 42.0 Å². The molecule has 0 bridgehead atoms. The van der Waals surface area contributed by atoms with Crippen LogP contribution in [0.15, 0.2) is 42.6 Å². The van der Waals surface area contributed by atoms with Gasteiger partial charge in [0.05, 0.1) is 29.4 Å². The maximum atomic E-state index is 13.5. The number of rotatable bonds is 5. The minimum absolute atomic E-state index is 0.0904. The molecule has 2 heterocycles. The molecule has 6 nitrogen and oxygen atoms in total. The molecule has 1 aliphatic carbocycles. The fourth-order valence-electron chi connectivity index (χ4n) is 4.35. The second kappa shape index (κ2) is 9.58. The first-order valence-electron chi connectivity index (χ1n) is 11.3. The van der Waals surface area contributed by atoms with Crippen molar-refractivity contribution in [1.82, 2.24) is 14.9 Å². The van der Waals surface area contributed by atoms with Crippen LogP contribution in [0.5, 0.6) is 0 Å². The summed E-state index contributed by atoms with van der Waals surface area (Å²) in [5.41, 5.74) is 7.39. The second-order valence-corrected chi connectivity index (χ2v) is 8.99. The van der Waals surface area contributed by atoms with E-state index in [2.05, 4.69) is 9.97 Å². The molecule has 0 spiro atoms. The number of hydrogen-bond acceptors (Lipinski definition) is 5. The summed E-state index contributed by atoms with van der Waals surface area (Å²) < 4.78 is 38.7. The maximum absolute atomic E-state index is 13.5. The number of hydrogen-bond donors (Lipinski definition) is 2. The Hall–Kier alpha value is -3.20. The number of carbonyl (C=O) groups excluding carboxylic acids is 1. The fraction of sp³-hybridized carbons (Fsp3) is 0.400. The summed E-state index contributed by atoms with van der Waals surface area (Å²) in [4.78, 5) is 23.5. The highest BCUT2D eigenvalue weighted by atomic mass is 19.4. The Kier molecular flexibility index (Phi) is 6.74. The third kappa shape index (κ3) is 5.47. The van der Waals surface area contributed by atoms with Gasteiger partial charge in [0.15, 0.2) is 0 Å². The zero-order valence-electron chi connectivity index (χ0n) is 18.8. The van der Waals surface area contributed by atoms with Gasteiger partial charge in [-0.2, -0.15) is 13.2 Å². The lowest BCUT2D eigenvalue weighted by Crippen LogP contribution is -2.37. The predicted octanol–water partition coefficient (Wildman–Crippen LogP) is 4.73. The summed E-state index contributed by atoms with van der Waals surface area (Å²) in [6.07, 6.45) is -1.08. The first-order valence-corrected chi connectivity index (χ1v) is 11.3. The predicted molar refractivity (Wildman–Crippen MR) is 123 cm³/mol. The van der Waals surface area contributed by atoms with E-state index in [9.17, 15) is 23.1 Å². The molecular weight excluding hydrogens is 445 g/mol. The van der Waals surface area contributed by atoms with Gasteiger partial charge in [-0.25, -0.2) is 4.98 Å². The molecule has 0 radical (unpaired) electrons. The topological polar surface area (TPSA) is 92.3 Å². The quantitative estimate of drug-likeness (QED) is 0.560. The van der Waals surface area contributed by atoms with Crippen LogP contribution in [0.2, 0.25) is 0 Å². The average Bonchev–Trinajstić information content (AvgIpc) is 2.80. The Morgan fingerprint density at radius 3 is 2.53 bits per heavy atom. The van der Waals surface area contributed by atoms with Gasteiger partial charge in [-0.1, -0.05) is 0 Å². The summed E-state index contributed by atoms with van der Waals surface area (Å²) in [7, 11) is 0. The number of aliphatic hydroxyl groups is 1. The number of nitrogens with two attached hydrogens (primary N) is 1. The van der Waals surface area contributed by atoms with Gasteiger partial charge in [-0.3, -0.25) is 9.78 Å². The molecule has 34 heavy (non-hydrogen) atoms. The van der Waals surface area contributed by atoms with Gasteiger partial charge in [-0.05, 0) is 80.5 Å². The summed E-state index contributed by atoms with van der Waals surface area (Å²) >= 11 is 0. The van der Waals surface area contributed by atoms with Crippen LogP contribution in [0.3, 0.4) is 0 Å². The summed E-state index contributed by atoms with van der Waals surface area (Å²) in [6.45, 7) is 2.37. The molecule has 0 saturated heterocycles. The number of aryl methyl sites for hydroxylation is 1. The summed E-state index contributed by atoms with van der Waals surface area (Å²) in [5, 5.41) is 10.6. The van der Waals surface area contributed by atoms with Gasteiger partial charge in [0, 0.05) is 23.7 Å². The third-order valence-electron chi connectivity index (χ3n) is 6.38. The minimum atomic E-state index is -4.47. The van der Waals surface area contributed by atoms with E-state index in [0.717, 1.165) is 36.1 Å². The van der Waals surface area contributed by atoms with Crippen molar-refractivity contribution in [1.29, 1.82) is 0 Å². The highest BCUT2D eigenvalue weighted by Crippen LogP contribution is 2.29. The molecule has 1 saturated carbocycles. The minimum Gasteiger partial charge on any atom is -0.393 e. The summed E-state index contributed by atoms with van der Waals surface area (Å²) in [5.74, 6) is 0.399. The fourth-order valence-corrected chi connectivity index (χ4v) is 4.35. The van der Waals surface area contributed by atoms with Crippen molar-refractivity contribution in [3.63, 3.8) is 0 Å². The highest BCUT2D eigenvalue weighted by molar-refractivity contribution is 5.98. The van der Waals surface area contributed by atoms with E-state index in [4.69, 9.17) is 5.73 Å². The summed E-state index contributed by atoms with van der Waals surface area (Å²) in [6, 6.07) is 9.35. The molecule has 9 heteroatoms. The van der Waals surface area contributed by atoms with Crippen molar-refractivity contribution >= 4 is 22.6 Å². The SMILES string of the molecule is Cc1cc2cc(C(=O)N(Cc3ccc(C(F)(F)F)cn3)C[C@H]3CC[C@H](O)CC3)ccc2nc1N. The number of carbonyl (C=O) groups is 1. The van der Waals surface area contributed by atoms with Crippen molar-refractivity contribution in [3.8, 4) is 0 Å². The van der Waals surface area contributed by atoms with Gasteiger partial charge < -0.3 is 15.7 Å². The van der Waals surface area contributed by atoms with Crippen LogP contribution in [0, 0.1) is 12.8 Å². The van der Waals surface area contributed by atoms with Gasteiger partial charge in [-0.15, -0.1) is 0 Å². The molecule has 3 aromatic rings. The molecule has 1 amide bonds. The normalized spacial score (nSPS) is 18.7. The van der Waals surface area contributed by atoms with Crippen LogP contribution >= 0.6 is 0 Å². The van der Waals surface area contributed by atoms with Crippen LogP contribution in [-0.4, -0.2) is 38.5 Å². The van der Waals surface area contributed by atoms with Crippen LogP contribution in [-0.2, 0) is 12.7 Å². The van der Waals surface area contributed by atoms with Crippen molar-refractivity contribution in [2.75, 3.05) is 12.3 Å². The van der Waals surface area contributed by atoms with Crippen LogP contribution in [0.4, 0.5) is 19.0 Å². The van der Waals surface area contributed by atoms with E-state index < -0.39 is 11.7 Å².